The average molecular weight is 399 g/mol. The molecule has 3 heterocycles. The first-order valence-electron chi connectivity index (χ1n) is 9.05. The zero-order valence-electron chi connectivity index (χ0n) is 15.2. The predicted octanol–water partition coefficient (Wildman–Crippen LogP) is 2.38. The summed E-state index contributed by atoms with van der Waals surface area (Å²) in [6.07, 6.45) is 1.87. The molecular formula is C18H21N7O2S. The fourth-order valence-corrected chi connectivity index (χ4v) is 3.38. The minimum Gasteiger partial charge on any atom is -0.379 e. The average Bonchev–Trinajstić information content (AvgIpc) is 3.40. The molecule has 0 spiro atoms. The molecule has 2 aromatic heterocycles. The normalized spacial score (nSPS) is 14.7. The van der Waals surface area contributed by atoms with Crippen LogP contribution in [0.4, 0.5) is 16.3 Å². The first-order valence-corrected chi connectivity index (χ1v) is 9.89. The first-order chi connectivity index (χ1) is 13.8. The van der Waals surface area contributed by atoms with E-state index in [1.807, 2.05) is 40.5 Å². The van der Waals surface area contributed by atoms with Gasteiger partial charge in [0.15, 0.2) is 5.82 Å². The quantitative estimate of drug-likeness (QED) is 0.661. The summed E-state index contributed by atoms with van der Waals surface area (Å²) in [5.41, 5.74) is 2.47. The van der Waals surface area contributed by atoms with Gasteiger partial charge in [0.1, 0.15) is 5.69 Å². The Morgan fingerprint density at radius 2 is 1.93 bits per heavy atom. The van der Waals surface area contributed by atoms with Gasteiger partial charge in [-0.3, -0.25) is 14.9 Å². The summed E-state index contributed by atoms with van der Waals surface area (Å²) in [7, 11) is 0. The molecule has 1 aromatic carbocycles. The number of carbonyl (C=O) groups excluding carboxylic acids is 1. The van der Waals surface area contributed by atoms with Crippen LogP contribution in [0, 0.1) is 0 Å². The van der Waals surface area contributed by atoms with Crippen LogP contribution in [0.25, 0.3) is 11.3 Å². The number of hydrogen-bond acceptors (Lipinski definition) is 7. The van der Waals surface area contributed by atoms with Gasteiger partial charge in [0, 0.05) is 48.5 Å². The van der Waals surface area contributed by atoms with E-state index in [1.54, 1.807) is 6.07 Å². The van der Waals surface area contributed by atoms with Gasteiger partial charge in [-0.05, 0) is 23.7 Å². The number of ether oxygens (including phenoxy) is 1. The van der Waals surface area contributed by atoms with E-state index >= 15 is 0 Å². The zero-order valence-corrected chi connectivity index (χ0v) is 16.1. The number of amides is 2. The second kappa shape index (κ2) is 8.91. The number of nitrogens with one attached hydrogen (secondary N) is 2. The highest BCUT2D eigenvalue weighted by molar-refractivity contribution is 7.03. The number of urea groups is 1. The Morgan fingerprint density at radius 1 is 1.11 bits per heavy atom. The summed E-state index contributed by atoms with van der Waals surface area (Å²) in [6, 6.07) is 8.91. The number of rotatable bonds is 6. The number of morpholine rings is 1. The Balaban J connectivity index is 1.26. The molecule has 1 aliphatic rings. The predicted molar refractivity (Wildman–Crippen MR) is 107 cm³/mol. The maximum atomic E-state index is 12.2. The van der Waals surface area contributed by atoms with Gasteiger partial charge in [-0.2, -0.15) is 5.10 Å². The SMILES string of the molecule is O=C(Nc1ccc(-c2csnn2)cc1)Nc1ccn(CCN2CCOCC2)n1. The first kappa shape index (κ1) is 18.5. The summed E-state index contributed by atoms with van der Waals surface area (Å²) < 4.78 is 11.0. The molecule has 1 fully saturated rings. The van der Waals surface area contributed by atoms with E-state index in [2.05, 4.69) is 30.2 Å². The molecule has 4 rings (SSSR count). The highest BCUT2D eigenvalue weighted by Crippen LogP contribution is 2.20. The van der Waals surface area contributed by atoms with Crippen LogP contribution >= 0.6 is 11.5 Å². The summed E-state index contributed by atoms with van der Waals surface area (Å²) in [5, 5.41) is 15.9. The molecule has 9 nitrogen and oxygen atoms in total. The second-order valence-corrected chi connectivity index (χ2v) is 6.97. The number of anilines is 2. The van der Waals surface area contributed by atoms with Gasteiger partial charge < -0.3 is 10.1 Å². The second-order valence-electron chi connectivity index (χ2n) is 6.36. The minimum atomic E-state index is -0.332. The lowest BCUT2D eigenvalue weighted by molar-refractivity contribution is 0.0360. The molecule has 1 aliphatic heterocycles. The number of aromatic nitrogens is 4. The van der Waals surface area contributed by atoms with E-state index in [0.717, 1.165) is 50.7 Å². The van der Waals surface area contributed by atoms with Crippen LogP contribution in [0.5, 0.6) is 0 Å². The third kappa shape index (κ3) is 4.91. The summed E-state index contributed by atoms with van der Waals surface area (Å²) in [5.74, 6) is 0.518. The Kier molecular flexibility index (Phi) is 5.90. The lowest BCUT2D eigenvalue weighted by Gasteiger charge is -2.26. The minimum absolute atomic E-state index is 0.332. The maximum Gasteiger partial charge on any atom is 0.324 e. The highest BCUT2D eigenvalue weighted by atomic mass is 32.1. The van der Waals surface area contributed by atoms with Crippen molar-refractivity contribution < 1.29 is 9.53 Å². The van der Waals surface area contributed by atoms with E-state index in [-0.39, 0.29) is 6.03 Å². The van der Waals surface area contributed by atoms with E-state index in [1.165, 1.54) is 11.5 Å². The lowest BCUT2D eigenvalue weighted by atomic mass is 10.1. The molecule has 1 saturated heterocycles. The molecule has 0 unspecified atom stereocenters. The van der Waals surface area contributed by atoms with Crippen LogP contribution in [-0.2, 0) is 11.3 Å². The number of benzene rings is 1. The fourth-order valence-electron chi connectivity index (χ4n) is 2.91. The van der Waals surface area contributed by atoms with Crippen LogP contribution in [0.15, 0.2) is 41.9 Å². The molecule has 10 heteroatoms. The molecule has 0 atom stereocenters. The molecule has 3 aromatic rings. The Morgan fingerprint density at radius 3 is 2.68 bits per heavy atom. The van der Waals surface area contributed by atoms with Crippen LogP contribution in [0.2, 0.25) is 0 Å². The number of hydrogen-bond donors (Lipinski definition) is 2. The molecule has 0 radical (unpaired) electrons. The van der Waals surface area contributed by atoms with E-state index in [4.69, 9.17) is 4.74 Å². The van der Waals surface area contributed by atoms with Crippen molar-refractivity contribution in [2.75, 3.05) is 43.5 Å². The Hall–Kier alpha value is -2.82. The molecule has 0 saturated carbocycles. The van der Waals surface area contributed by atoms with Crippen molar-refractivity contribution in [3.63, 3.8) is 0 Å². The topological polar surface area (TPSA) is 97.2 Å². The Bertz CT molecular complexity index is 889. The van der Waals surface area contributed by atoms with Gasteiger partial charge in [0.05, 0.1) is 19.8 Å². The van der Waals surface area contributed by atoms with Crippen LogP contribution in [0.1, 0.15) is 0 Å². The molecule has 2 amide bonds. The van der Waals surface area contributed by atoms with E-state index in [0.29, 0.717) is 11.5 Å². The van der Waals surface area contributed by atoms with E-state index < -0.39 is 0 Å². The van der Waals surface area contributed by atoms with Crippen molar-refractivity contribution in [2.45, 2.75) is 6.54 Å². The largest absolute Gasteiger partial charge is 0.379 e. The third-order valence-corrected chi connectivity index (χ3v) is 4.93. The highest BCUT2D eigenvalue weighted by Gasteiger charge is 2.11. The molecule has 0 aliphatic carbocycles. The van der Waals surface area contributed by atoms with Crippen LogP contribution < -0.4 is 10.6 Å². The smallest absolute Gasteiger partial charge is 0.324 e. The summed E-state index contributed by atoms with van der Waals surface area (Å²) in [4.78, 5) is 14.5. The maximum absolute atomic E-state index is 12.2. The van der Waals surface area contributed by atoms with Gasteiger partial charge in [0.2, 0.25) is 0 Å². The third-order valence-electron chi connectivity index (χ3n) is 4.43. The molecule has 2 N–H and O–H groups in total. The van der Waals surface area contributed by atoms with Gasteiger partial charge >= 0.3 is 6.03 Å². The monoisotopic (exact) mass is 399 g/mol. The van der Waals surface area contributed by atoms with Crippen molar-refractivity contribution >= 4 is 29.1 Å². The molecular weight excluding hydrogens is 378 g/mol. The van der Waals surface area contributed by atoms with Gasteiger partial charge in [0.25, 0.3) is 0 Å². The van der Waals surface area contributed by atoms with Crippen LogP contribution in [-0.4, -0.2) is 63.1 Å². The molecule has 28 heavy (non-hydrogen) atoms. The van der Waals surface area contributed by atoms with Gasteiger partial charge in [-0.15, -0.1) is 5.10 Å². The van der Waals surface area contributed by atoms with Crippen molar-refractivity contribution in [3.05, 3.63) is 41.9 Å². The van der Waals surface area contributed by atoms with Gasteiger partial charge in [-0.25, -0.2) is 4.79 Å². The zero-order chi connectivity index (χ0) is 19.2. The standard InChI is InChI=1S/C18H21N7O2S/c26-18(19-15-3-1-14(2-4-15)16-13-28-23-21-16)20-17-5-6-25(22-17)8-7-24-9-11-27-12-10-24/h1-6,13H,7-12H2,(H2,19,20,22,26). The summed E-state index contributed by atoms with van der Waals surface area (Å²) >= 11 is 1.31. The van der Waals surface area contributed by atoms with Crippen molar-refractivity contribution in [2.24, 2.45) is 0 Å². The fraction of sp³-hybridized carbons (Fsp3) is 0.333. The number of nitrogens with zero attached hydrogens (tertiary/aromatic N) is 5. The summed E-state index contributed by atoms with van der Waals surface area (Å²) in [6.45, 7) is 5.16. The van der Waals surface area contributed by atoms with Gasteiger partial charge in [-0.1, -0.05) is 16.6 Å². The van der Waals surface area contributed by atoms with E-state index in [9.17, 15) is 4.79 Å². The Labute approximate surface area is 166 Å². The van der Waals surface area contributed by atoms with Crippen molar-refractivity contribution in [1.82, 2.24) is 24.3 Å². The number of carbonyl (C=O) groups is 1. The van der Waals surface area contributed by atoms with Crippen molar-refractivity contribution in [1.29, 1.82) is 0 Å². The van der Waals surface area contributed by atoms with Crippen LogP contribution in [0.3, 0.4) is 0 Å². The lowest BCUT2D eigenvalue weighted by Crippen LogP contribution is -2.38. The molecule has 146 valence electrons. The van der Waals surface area contributed by atoms with Crippen molar-refractivity contribution in [3.8, 4) is 11.3 Å². The molecule has 0 bridgehead atoms.